The SMILES string of the molecule is COc1ccccc1COc1c(Br)cccc1CBr. The second-order valence-electron chi connectivity index (χ2n) is 3.96. The molecule has 19 heavy (non-hydrogen) atoms. The van der Waals surface area contributed by atoms with Gasteiger partial charge in [0, 0.05) is 16.5 Å². The first kappa shape index (κ1) is 14.4. The number of hydrogen-bond donors (Lipinski definition) is 0. The van der Waals surface area contributed by atoms with E-state index in [-0.39, 0.29) is 0 Å². The molecule has 4 heteroatoms. The molecule has 0 aromatic heterocycles. The van der Waals surface area contributed by atoms with Gasteiger partial charge in [0.2, 0.25) is 0 Å². The van der Waals surface area contributed by atoms with Gasteiger partial charge in [0.25, 0.3) is 0 Å². The fourth-order valence-corrected chi connectivity index (χ4v) is 2.76. The largest absolute Gasteiger partial charge is 0.496 e. The summed E-state index contributed by atoms with van der Waals surface area (Å²) in [5.41, 5.74) is 2.14. The summed E-state index contributed by atoms with van der Waals surface area (Å²) in [6.07, 6.45) is 0. The predicted octanol–water partition coefficient (Wildman–Crippen LogP) is 4.93. The van der Waals surface area contributed by atoms with E-state index in [0.717, 1.165) is 32.4 Å². The van der Waals surface area contributed by atoms with Crippen molar-refractivity contribution in [2.45, 2.75) is 11.9 Å². The van der Waals surface area contributed by atoms with Gasteiger partial charge in [0.1, 0.15) is 18.1 Å². The van der Waals surface area contributed by atoms with Crippen LogP contribution in [0.15, 0.2) is 46.9 Å². The van der Waals surface area contributed by atoms with Gasteiger partial charge in [-0.1, -0.05) is 46.3 Å². The zero-order chi connectivity index (χ0) is 13.7. The molecule has 0 aliphatic carbocycles. The third-order valence-electron chi connectivity index (χ3n) is 2.76. The first-order chi connectivity index (χ1) is 9.26. The average molecular weight is 386 g/mol. The number of benzene rings is 2. The van der Waals surface area contributed by atoms with Crippen LogP contribution in [0.5, 0.6) is 11.5 Å². The van der Waals surface area contributed by atoms with Crippen molar-refractivity contribution in [1.82, 2.24) is 0 Å². The summed E-state index contributed by atoms with van der Waals surface area (Å²) in [5.74, 6) is 1.71. The fraction of sp³-hybridized carbons (Fsp3) is 0.200. The van der Waals surface area contributed by atoms with Crippen molar-refractivity contribution in [3.63, 3.8) is 0 Å². The van der Waals surface area contributed by atoms with Crippen LogP contribution < -0.4 is 9.47 Å². The lowest BCUT2D eigenvalue weighted by atomic mass is 10.2. The van der Waals surface area contributed by atoms with Crippen LogP contribution in [0, 0.1) is 0 Å². The average Bonchev–Trinajstić information content (AvgIpc) is 2.46. The normalized spacial score (nSPS) is 10.3. The van der Waals surface area contributed by atoms with E-state index in [2.05, 4.69) is 31.9 Å². The van der Waals surface area contributed by atoms with E-state index in [1.54, 1.807) is 7.11 Å². The lowest BCUT2D eigenvalue weighted by Gasteiger charge is -2.13. The molecule has 2 aromatic carbocycles. The van der Waals surface area contributed by atoms with E-state index in [9.17, 15) is 0 Å². The second kappa shape index (κ2) is 6.96. The highest BCUT2D eigenvalue weighted by molar-refractivity contribution is 9.10. The summed E-state index contributed by atoms with van der Waals surface area (Å²) in [5, 5.41) is 0.758. The van der Waals surface area contributed by atoms with Crippen LogP contribution in [-0.2, 0) is 11.9 Å². The van der Waals surface area contributed by atoms with Crippen molar-refractivity contribution in [2.75, 3.05) is 7.11 Å². The Balaban J connectivity index is 2.19. The van der Waals surface area contributed by atoms with Crippen molar-refractivity contribution in [2.24, 2.45) is 0 Å². The smallest absolute Gasteiger partial charge is 0.138 e. The van der Waals surface area contributed by atoms with E-state index in [1.165, 1.54) is 0 Å². The second-order valence-corrected chi connectivity index (χ2v) is 5.38. The summed E-state index contributed by atoms with van der Waals surface area (Å²) >= 11 is 6.99. The highest BCUT2D eigenvalue weighted by Crippen LogP contribution is 2.32. The maximum atomic E-state index is 5.93. The molecule has 0 atom stereocenters. The van der Waals surface area contributed by atoms with Gasteiger partial charge in [-0.05, 0) is 28.1 Å². The summed E-state index contributed by atoms with van der Waals surface area (Å²) in [6, 6.07) is 13.9. The lowest BCUT2D eigenvalue weighted by molar-refractivity contribution is 0.293. The Morgan fingerprint density at radius 1 is 1.00 bits per heavy atom. The van der Waals surface area contributed by atoms with Gasteiger partial charge in [-0.15, -0.1) is 0 Å². The molecule has 0 radical (unpaired) electrons. The van der Waals surface area contributed by atoms with Gasteiger partial charge in [0.15, 0.2) is 0 Å². The molecular formula is C15H14Br2O2. The molecule has 0 spiro atoms. The molecule has 0 heterocycles. The Morgan fingerprint density at radius 2 is 1.74 bits per heavy atom. The Labute approximate surface area is 130 Å². The zero-order valence-electron chi connectivity index (χ0n) is 10.5. The van der Waals surface area contributed by atoms with E-state index in [0.29, 0.717) is 6.61 Å². The number of para-hydroxylation sites is 2. The number of alkyl halides is 1. The molecule has 0 saturated heterocycles. The molecule has 0 bridgehead atoms. The number of rotatable bonds is 5. The van der Waals surface area contributed by atoms with E-state index in [1.807, 2.05) is 42.5 Å². The first-order valence-electron chi connectivity index (χ1n) is 5.84. The van der Waals surface area contributed by atoms with Crippen molar-refractivity contribution in [3.05, 3.63) is 58.1 Å². The number of ether oxygens (including phenoxy) is 2. The van der Waals surface area contributed by atoms with Crippen molar-refractivity contribution in [1.29, 1.82) is 0 Å². The Hall–Kier alpha value is -1.000. The maximum Gasteiger partial charge on any atom is 0.138 e. The standard InChI is InChI=1S/C15H14Br2O2/c1-18-14-8-3-2-5-12(14)10-19-15-11(9-16)6-4-7-13(15)17/h2-8H,9-10H2,1H3. The van der Waals surface area contributed by atoms with E-state index < -0.39 is 0 Å². The summed E-state index contributed by atoms with van der Waals surface area (Å²) in [4.78, 5) is 0. The summed E-state index contributed by atoms with van der Waals surface area (Å²) in [7, 11) is 1.67. The zero-order valence-corrected chi connectivity index (χ0v) is 13.7. The fourth-order valence-electron chi connectivity index (χ4n) is 1.79. The molecule has 0 N–H and O–H groups in total. The molecule has 0 aliphatic heterocycles. The van der Waals surface area contributed by atoms with Crippen LogP contribution in [0.25, 0.3) is 0 Å². The van der Waals surface area contributed by atoms with Gasteiger partial charge in [-0.2, -0.15) is 0 Å². The number of hydrogen-bond acceptors (Lipinski definition) is 2. The third-order valence-corrected chi connectivity index (χ3v) is 3.99. The van der Waals surface area contributed by atoms with Crippen LogP contribution in [0.4, 0.5) is 0 Å². The minimum Gasteiger partial charge on any atom is -0.496 e. The number of halogens is 2. The van der Waals surface area contributed by atoms with Crippen LogP contribution in [0.1, 0.15) is 11.1 Å². The highest BCUT2D eigenvalue weighted by Gasteiger charge is 2.09. The summed E-state index contributed by atoms with van der Waals surface area (Å²) < 4.78 is 12.2. The Bertz CT molecular complexity index is 556. The molecule has 0 saturated carbocycles. The van der Waals surface area contributed by atoms with Crippen molar-refractivity contribution < 1.29 is 9.47 Å². The Kier molecular flexibility index (Phi) is 5.28. The molecule has 2 rings (SSSR count). The topological polar surface area (TPSA) is 18.5 Å². The van der Waals surface area contributed by atoms with Crippen LogP contribution in [0.3, 0.4) is 0 Å². The van der Waals surface area contributed by atoms with Gasteiger partial charge < -0.3 is 9.47 Å². The van der Waals surface area contributed by atoms with Crippen molar-refractivity contribution in [3.8, 4) is 11.5 Å². The molecule has 2 aromatic rings. The van der Waals surface area contributed by atoms with E-state index in [4.69, 9.17) is 9.47 Å². The van der Waals surface area contributed by atoms with Gasteiger partial charge in [-0.3, -0.25) is 0 Å². The minimum absolute atomic E-state index is 0.479. The van der Waals surface area contributed by atoms with E-state index >= 15 is 0 Å². The van der Waals surface area contributed by atoms with Crippen LogP contribution in [-0.4, -0.2) is 7.11 Å². The molecule has 100 valence electrons. The molecule has 0 aliphatic rings. The van der Waals surface area contributed by atoms with Gasteiger partial charge in [0.05, 0.1) is 11.6 Å². The monoisotopic (exact) mass is 384 g/mol. The molecule has 2 nitrogen and oxygen atoms in total. The van der Waals surface area contributed by atoms with Crippen LogP contribution in [0.2, 0.25) is 0 Å². The molecule has 0 fully saturated rings. The quantitative estimate of drug-likeness (QED) is 0.679. The van der Waals surface area contributed by atoms with Gasteiger partial charge in [-0.25, -0.2) is 0 Å². The predicted molar refractivity (Wildman–Crippen MR) is 84.1 cm³/mol. The van der Waals surface area contributed by atoms with Crippen molar-refractivity contribution >= 4 is 31.9 Å². The number of methoxy groups -OCH3 is 1. The Morgan fingerprint density at radius 3 is 2.47 bits per heavy atom. The minimum atomic E-state index is 0.479. The summed E-state index contributed by atoms with van der Waals surface area (Å²) in [6.45, 7) is 0.479. The molecule has 0 amide bonds. The first-order valence-corrected chi connectivity index (χ1v) is 7.75. The highest BCUT2D eigenvalue weighted by atomic mass is 79.9. The van der Waals surface area contributed by atoms with Crippen LogP contribution >= 0.6 is 31.9 Å². The van der Waals surface area contributed by atoms with Gasteiger partial charge >= 0.3 is 0 Å². The maximum absolute atomic E-state index is 5.93. The molecule has 0 unspecified atom stereocenters. The molecular weight excluding hydrogens is 372 g/mol. The lowest BCUT2D eigenvalue weighted by Crippen LogP contribution is -2.00. The third kappa shape index (κ3) is 3.51.